The largest absolute Gasteiger partial charge is 0.292 e. The molecule has 1 aromatic carbocycles. The van der Waals surface area contributed by atoms with E-state index in [9.17, 15) is 0 Å². The van der Waals surface area contributed by atoms with Gasteiger partial charge >= 0.3 is 0 Å². The van der Waals surface area contributed by atoms with Crippen molar-refractivity contribution in [2.45, 2.75) is 84.5 Å². The summed E-state index contributed by atoms with van der Waals surface area (Å²) in [4.78, 5) is 12.0. The van der Waals surface area contributed by atoms with Crippen LogP contribution < -0.4 is 0 Å². The summed E-state index contributed by atoms with van der Waals surface area (Å²) in [7, 11) is 0. The van der Waals surface area contributed by atoms with E-state index < -0.39 is 0 Å². The Bertz CT molecular complexity index is 1490. The fourth-order valence-electron chi connectivity index (χ4n) is 4.86. The molecule has 0 aliphatic carbocycles. The monoisotopic (exact) mass is 566 g/mol. The molecule has 0 aliphatic rings. The first-order valence-corrected chi connectivity index (χ1v) is 17.3. The number of hydrogen-bond acceptors (Lipinski definition) is 6. The lowest BCUT2D eigenvalue weighted by Crippen LogP contribution is -1.84. The van der Waals surface area contributed by atoms with Crippen LogP contribution in [0.2, 0.25) is 0 Å². The van der Waals surface area contributed by atoms with Crippen LogP contribution in [0.5, 0.6) is 0 Å². The maximum atomic E-state index is 4.72. The van der Waals surface area contributed by atoms with Crippen LogP contribution in [0.15, 0.2) is 34.3 Å². The highest BCUT2D eigenvalue weighted by Crippen LogP contribution is 2.45. The van der Waals surface area contributed by atoms with Gasteiger partial charge in [0.1, 0.15) is 0 Å². The van der Waals surface area contributed by atoms with Crippen LogP contribution in [0.25, 0.3) is 39.0 Å². The van der Waals surface area contributed by atoms with Gasteiger partial charge in [0.2, 0.25) is 0 Å². The number of nitrogens with zero attached hydrogens (tertiary/aromatic N) is 2. The van der Waals surface area contributed by atoms with Gasteiger partial charge in [0.15, 0.2) is 0 Å². The number of fused-ring (bicyclic) bond motifs is 6. The molecule has 37 heavy (non-hydrogen) atoms. The van der Waals surface area contributed by atoms with Crippen molar-refractivity contribution in [1.82, 2.24) is 0 Å². The van der Waals surface area contributed by atoms with Crippen LogP contribution in [0, 0.1) is 0 Å². The summed E-state index contributed by atoms with van der Waals surface area (Å²) in [5.74, 6) is 0. The first-order chi connectivity index (χ1) is 18.3. The summed E-state index contributed by atoms with van der Waals surface area (Å²) in [5.41, 5.74) is 0. The predicted octanol–water partition coefficient (Wildman–Crippen LogP) is 11.7. The third kappa shape index (κ3) is 6.70. The average molecular weight is 567 g/mol. The molecule has 5 rings (SSSR count). The molecule has 5 aromatic rings. The normalized spacial score (nSPS) is 12.7. The van der Waals surface area contributed by atoms with Crippen molar-refractivity contribution in [2.75, 3.05) is 13.1 Å². The van der Waals surface area contributed by atoms with E-state index in [2.05, 4.69) is 50.5 Å². The highest BCUT2D eigenvalue weighted by molar-refractivity contribution is 7.35. The van der Waals surface area contributed by atoms with Crippen LogP contribution >= 0.6 is 45.3 Å². The van der Waals surface area contributed by atoms with Crippen molar-refractivity contribution in [1.29, 1.82) is 0 Å². The van der Waals surface area contributed by atoms with E-state index in [1.165, 1.54) is 119 Å². The molecule has 0 saturated heterocycles. The zero-order valence-electron chi connectivity index (χ0n) is 22.2. The zero-order valence-corrected chi connectivity index (χ0v) is 25.4. The van der Waals surface area contributed by atoms with E-state index in [1.807, 2.05) is 45.3 Å². The van der Waals surface area contributed by atoms with E-state index in [4.69, 9.17) is 9.98 Å². The van der Waals surface area contributed by atoms with E-state index in [0.717, 1.165) is 13.1 Å². The fourth-order valence-corrected chi connectivity index (χ4v) is 9.74. The number of thiophene rings is 4. The second kappa shape index (κ2) is 13.5. The Kier molecular flexibility index (Phi) is 9.82. The molecule has 0 saturated carbocycles. The van der Waals surface area contributed by atoms with E-state index in [-0.39, 0.29) is 0 Å². The number of aliphatic imine (C=N–C) groups is 2. The van der Waals surface area contributed by atoms with Gasteiger partial charge in [-0.2, -0.15) is 0 Å². The standard InChI is InChI=1S/C31H38N2S4/c1-3-5-7-9-11-13-15-33-21-23-17-29-31(35-23)25-19-26-24(18-27(25)37-29)30-28(36-26)16-22(34-30)20-32-14-12-10-8-6-4-2/h16-21H,3-15H2,1-2H3/b32-20+,33-21+. The Morgan fingerprint density at radius 1 is 0.514 bits per heavy atom. The Balaban J connectivity index is 1.25. The molecular weight excluding hydrogens is 529 g/mol. The van der Waals surface area contributed by atoms with Crippen LogP contribution in [-0.2, 0) is 0 Å². The Morgan fingerprint density at radius 3 is 1.41 bits per heavy atom. The predicted molar refractivity (Wildman–Crippen MR) is 175 cm³/mol. The van der Waals surface area contributed by atoms with Crippen molar-refractivity contribution >= 4 is 96.7 Å². The minimum atomic E-state index is 0.953. The number of unbranched alkanes of at least 4 members (excludes halogenated alkanes) is 9. The third-order valence-electron chi connectivity index (χ3n) is 6.91. The molecular formula is C31H38N2S4. The smallest absolute Gasteiger partial charge is 0.0536 e. The summed E-state index contributed by atoms with van der Waals surface area (Å²) in [6, 6.07) is 9.52. The summed E-state index contributed by atoms with van der Waals surface area (Å²) < 4.78 is 8.44. The average Bonchev–Trinajstić information content (AvgIpc) is 3.63. The van der Waals surface area contributed by atoms with Crippen LogP contribution in [0.3, 0.4) is 0 Å². The van der Waals surface area contributed by atoms with E-state index in [1.54, 1.807) is 0 Å². The molecule has 196 valence electrons. The quantitative estimate of drug-likeness (QED) is 0.0889. The van der Waals surface area contributed by atoms with Gasteiger partial charge in [0.25, 0.3) is 0 Å². The van der Waals surface area contributed by atoms with Crippen molar-refractivity contribution in [2.24, 2.45) is 9.98 Å². The van der Waals surface area contributed by atoms with Crippen LogP contribution in [0.1, 0.15) is 94.2 Å². The van der Waals surface area contributed by atoms with Crippen molar-refractivity contribution in [3.05, 3.63) is 34.0 Å². The van der Waals surface area contributed by atoms with E-state index in [0.29, 0.717) is 0 Å². The number of benzene rings is 1. The van der Waals surface area contributed by atoms with Crippen molar-refractivity contribution in [3.63, 3.8) is 0 Å². The minimum absolute atomic E-state index is 0.953. The van der Waals surface area contributed by atoms with Gasteiger partial charge in [-0.15, -0.1) is 45.3 Å². The summed E-state index contributed by atoms with van der Waals surface area (Å²) in [5, 5.41) is 2.82. The Morgan fingerprint density at radius 2 is 0.946 bits per heavy atom. The zero-order chi connectivity index (χ0) is 25.5. The molecule has 0 atom stereocenters. The second-order valence-corrected chi connectivity index (χ2v) is 14.3. The minimum Gasteiger partial charge on any atom is -0.292 e. The first-order valence-electron chi connectivity index (χ1n) is 14.1. The molecule has 0 radical (unpaired) electrons. The molecule has 0 bridgehead atoms. The van der Waals surface area contributed by atoms with Crippen LogP contribution in [0.4, 0.5) is 0 Å². The first kappa shape index (κ1) is 27.0. The molecule has 4 aromatic heterocycles. The van der Waals surface area contributed by atoms with Gasteiger partial charge < -0.3 is 0 Å². The molecule has 0 amide bonds. The molecule has 2 nitrogen and oxygen atoms in total. The molecule has 0 fully saturated rings. The second-order valence-electron chi connectivity index (χ2n) is 9.99. The molecule has 0 spiro atoms. The van der Waals surface area contributed by atoms with Gasteiger partial charge in [-0.05, 0) is 37.1 Å². The summed E-state index contributed by atoms with van der Waals surface area (Å²) in [6.45, 7) is 6.44. The lowest BCUT2D eigenvalue weighted by molar-refractivity contribution is 0.612. The van der Waals surface area contributed by atoms with Gasteiger partial charge in [0.05, 0.1) is 9.40 Å². The lowest BCUT2D eigenvalue weighted by atomic mass is 10.1. The van der Waals surface area contributed by atoms with Gasteiger partial charge in [-0.1, -0.05) is 71.6 Å². The topological polar surface area (TPSA) is 24.7 Å². The maximum absolute atomic E-state index is 4.72. The lowest BCUT2D eigenvalue weighted by Gasteiger charge is -1.97. The molecule has 0 aliphatic heterocycles. The van der Waals surface area contributed by atoms with Gasteiger partial charge in [0, 0.05) is 64.8 Å². The molecule has 0 unspecified atom stereocenters. The maximum Gasteiger partial charge on any atom is 0.0536 e. The summed E-state index contributed by atoms with van der Waals surface area (Å²) in [6.07, 6.45) is 18.6. The molecule has 0 N–H and O–H groups in total. The highest BCUT2D eigenvalue weighted by atomic mass is 32.1. The van der Waals surface area contributed by atoms with Gasteiger partial charge in [-0.25, -0.2) is 0 Å². The fraction of sp³-hybridized carbons (Fsp3) is 0.484. The van der Waals surface area contributed by atoms with Crippen molar-refractivity contribution in [3.8, 4) is 0 Å². The third-order valence-corrected chi connectivity index (χ3v) is 11.6. The van der Waals surface area contributed by atoms with Crippen molar-refractivity contribution < 1.29 is 0 Å². The Hall–Kier alpha value is -1.60. The number of rotatable bonds is 15. The van der Waals surface area contributed by atoms with Crippen LogP contribution in [-0.4, -0.2) is 25.5 Å². The van der Waals surface area contributed by atoms with Gasteiger partial charge in [-0.3, -0.25) is 9.98 Å². The molecule has 4 heterocycles. The molecule has 6 heteroatoms. The SMILES string of the molecule is CCCCCCCC/N=C/c1cc2sc3cc4c(cc3c2s1)sc1cc(/C=N/CCCCCCC)sc14. The van der Waals surface area contributed by atoms with E-state index >= 15 is 0 Å². The highest BCUT2D eigenvalue weighted by Gasteiger charge is 2.14. The summed E-state index contributed by atoms with van der Waals surface area (Å²) >= 11 is 7.65. The Labute approximate surface area is 237 Å². The number of hydrogen-bond donors (Lipinski definition) is 0.